The maximum Gasteiger partial charge on any atom is 0.278 e. The summed E-state index contributed by atoms with van der Waals surface area (Å²) in [7, 11) is 0. The molecule has 1 heterocycles. The van der Waals surface area contributed by atoms with Crippen LogP contribution in [0.15, 0.2) is 41.5 Å². The summed E-state index contributed by atoms with van der Waals surface area (Å²) in [6.07, 6.45) is 6.54. The second-order valence-electron chi connectivity index (χ2n) is 7.20. The lowest BCUT2D eigenvalue weighted by molar-refractivity contribution is -0.385. The minimum absolute atomic E-state index is 0.106. The van der Waals surface area contributed by atoms with Gasteiger partial charge in [-0.15, -0.1) is 0 Å². The quantitative estimate of drug-likeness (QED) is 0.277. The second kappa shape index (κ2) is 4.84. The van der Waals surface area contributed by atoms with Crippen LogP contribution in [0.2, 0.25) is 0 Å². The van der Waals surface area contributed by atoms with Gasteiger partial charge in [-0.25, -0.2) is 0 Å². The van der Waals surface area contributed by atoms with Crippen LogP contribution < -0.4 is 0 Å². The number of rotatable bonds is 3. The summed E-state index contributed by atoms with van der Waals surface area (Å²) in [5.74, 6) is 0.192. The molecule has 2 amide bonds. The van der Waals surface area contributed by atoms with Gasteiger partial charge in [0.15, 0.2) is 0 Å². The topological polar surface area (TPSA) is 92.9 Å². The molecule has 1 aliphatic heterocycles. The van der Waals surface area contributed by atoms with Crippen LogP contribution in [0.4, 0.5) is 5.69 Å². The first-order valence-corrected chi connectivity index (χ1v) is 8.41. The third-order valence-electron chi connectivity index (χ3n) is 6.09. The number of carbonyl (C=O) groups excluding carboxylic acids is 2. The van der Waals surface area contributed by atoms with Crippen molar-refractivity contribution in [2.24, 2.45) is 40.6 Å². The standard InChI is InChI=1S/C18H15N3O4/c22-17-15-10-5-6-11(13-7-12(10)13)16(15)18(23)20(17)19-8-9-3-1-2-4-14(9)21(24)25/h1-6,8,10-13,15-16H,7H2/b19-8-/t10-,11-,12-,13+,15+,16+/m0/s1. The Morgan fingerprint density at radius 1 is 1.08 bits per heavy atom. The highest BCUT2D eigenvalue weighted by molar-refractivity contribution is 6.06. The number of carbonyl (C=O) groups is 2. The van der Waals surface area contributed by atoms with E-state index in [2.05, 4.69) is 17.3 Å². The number of benzene rings is 1. The second-order valence-corrected chi connectivity index (χ2v) is 7.20. The summed E-state index contributed by atoms with van der Waals surface area (Å²) in [6, 6.07) is 6.12. The van der Waals surface area contributed by atoms with Crippen LogP contribution in [0.5, 0.6) is 0 Å². The normalized spacial score (nSPS) is 37.5. The fraction of sp³-hybridized carbons (Fsp3) is 0.389. The van der Waals surface area contributed by atoms with Crippen molar-refractivity contribution >= 4 is 23.7 Å². The molecule has 0 aromatic heterocycles. The van der Waals surface area contributed by atoms with Gasteiger partial charge in [-0.1, -0.05) is 24.3 Å². The van der Waals surface area contributed by atoms with Gasteiger partial charge in [-0.05, 0) is 36.2 Å². The van der Waals surface area contributed by atoms with E-state index in [1.165, 1.54) is 12.3 Å². The SMILES string of the molecule is O=C1[C@@H]2[C@H]3C=C[C@@H]([C@@H]4C[C@H]34)[C@H]2C(=O)N1/N=C\c1ccccc1[N+](=O)[O-]. The molecule has 2 saturated carbocycles. The number of imide groups is 1. The molecular weight excluding hydrogens is 322 g/mol. The molecule has 126 valence electrons. The maximum atomic E-state index is 12.8. The molecular formula is C18H15N3O4. The lowest BCUT2D eigenvalue weighted by Crippen LogP contribution is -2.40. The van der Waals surface area contributed by atoms with Crippen molar-refractivity contribution in [3.05, 3.63) is 52.1 Å². The summed E-state index contributed by atoms with van der Waals surface area (Å²) in [5, 5.41) is 16.0. The van der Waals surface area contributed by atoms with Crippen molar-refractivity contribution in [1.82, 2.24) is 5.01 Å². The fourth-order valence-corrected chi connectivity index (χ4v) is 4.94. The number of hydrogen-bond donors (Lipinski definition) is 0. The Bertz CT molecular complexity index is 841. The molecule has 6 rings (SSSR count). The Morgan fingerprint density at radius 3 is 2.28 bits per heavy atom. The van der Waals surface area contributed by atoms with Crippen molar-refractivity contribution in [1.29, 1.82) is 0 Å². The van der Waals surface area contributed by atoms with Gasteiger partial charge in [-0.3, -0.25) is 19.7 Å². The molecule has 0 spiro atoms. The Morgan fingerprint density at radius 2 is 1.68 bits per heavy atom. The predicted molar refractivity (Wildman–Crippen MR) is 87.2 cm³/mol. The van der Waals surface area contributed by atoms with Crippen molar-refractivity contribution < 1.29 is 14.5 Å². The number of nitro benzene ring substituents is 1. The summed E-state index contributed by atoms with van der Waals surface area (Å²) in [4.78, 5) is 36.1. The van der Waals surface area contributed by atoms with Gasteiger partial charge in [0.2, 0.25) is 0 Å². The Balaban J connectivity index is 1.46. The minimum Gasteiger partial charge on any atom is -0.272 e. The van der Waals surface area contributed by atoms with E-state index in [0.717, 1.165) is 11.4 Å². The molecule has 5 aliphatic rings. The van der Waals surface area contributed by atoms with Gasteiger partial charge < -0.3 is 0 Å². The van der Waals surface area contributed by atoms with Gasteiger partial charge in [0.05, 0.1) is 28.5 Å². The summed E-state index contributed by atoms with van der Waals surface area (Å²) in [5.41, 5.74) is 0.164. The molecule has 1 saturated heterocycles. The van der Waals surface area contributed by atoms with E-state index in [-0.39, 0.29) is 46.7 Å². The van der Waals surface area contributed by atoms with E-state index in [0.29, 0.717) is 11.8 Å². The molecule has 0 radical (unpaired) electrons. The number of para-hydroxylation sites is 1. The molecule has 2 bridgehead atoms. The van der Waals surface area contributed by atoms with Gasteiger partial charge in [0.25, 0.3) is 17.5 Å². The first kappa shape index (κ1) is 14.5. The number of allylic oxidation sites excluding steroid dienone is 2. The smallest absolute Gasteiger partial charge is 0.272 e. The molecule has 25 heavy (non-hydrogen) atoms. The molecule has 4 aliphatic carbocycles. The molecule has 7 nitrogen and oxygen atoms in total. The van der Waals surface area contributed by atoms with E-state index >= 15 is 0 Å². The first-order chi connectivity index (χ1) is 12.1. The molecule has 6 atom stereocenters. The Kier molecular flexibility index (Phi) is 2.81. The van der Waals surface area contributed by atoms with Gasteiger partial charge in [-0.2, -0.15) is 10.1 Å². The number of hydrazone groups is 1. The van der Waals surface area contributed by atoms with E-state index in [1.807, 2.05) is 0 Å². The van der Waals surface area contributed by atoms with Crippen LogP contribution in [0.3, 0.4) is 0 Å². The fourth-order valence-electron chi connectivity index (χ4n) is 4.94. The number of hydrogen-bond acceptors (Lipinski definition) is 5. The first-order valence-electron chi connectivity index (χ1n) is 8.41. The van der Waals surface area contributed by atoms with Gasteiger partial charge in [0.1, 0.15) is 0 Å². The van der Waals surface area contributed by atoms with Crippen molar-refractivity contribution in [3.8, 4) is 0 Å². The van der Waals surface area contributed by atoms with E-state index < -0.39 is 4.92 Å². The van der Waals surface area contributed by atoms with Crippen molar-refractivity contribution in [3.63, 3.8) is 0 Å². The predicted octanol–water partition coefficient (Wildman–Crippen LogP) is 1.98. The Labute approximate surface area is 143 Å². The highest BCUT2D eigenvalue weighted by atomic mass is 16.6. The Hall–Kier alpha value is -2.83. The van der Waals surface area contributed by atoms with Crippen LogP contribution in [-0.4, -0.2) is 28.0 Å². The summed E-state index contributed by atoms with van der Waals surface area (Å²) in [6.45, 7) is 0. The van der Waals surface area contributed by atoms with Gasteiger partial charge in [0, 0.05) is 6.07 Å². The van der Waals surface area contributed by atoms with Crippen LogP contribution in [-0.2, 0) is 9.59 Å². The molecule has 0 unspecified atom stereocenters. The molecule has 1 aromatic carbocycles. The highest BCUT2D eigenvalue weighted by Crippen LogP contribution is 2.65. The van der Waals surface area contributed by atoms with E-state index in [9.17, 15) is 19.7 Å². The molecule has 1 aromatic rings. The minimum atomic E-state index is -0.508. The van der Waals surface area contributed by atoms with Crippen LogP contribution in [0, 0.1) is 45.6 Å². The summed E-state index contributed by atoms with van der Waals surface area (Å²) < 4.78 is 0. The average Bonchev–Trinajstić information content (AvgIpc) is 3.39. The number of nitrogens with zero attached hydrogens (tertiary/aromatic N) is 3. The van der Waals surface area contributed by atoms with E-state index in [1.54, 1.807) is 18.2 Å². The summed E-state index contributed by atoms with van der Waals surface area (Å²) >= 11 is 0. The average molecular weight is 337 g/mol. The van der Waals surface area contributed by atoms with E-state index in [4.69, 9.17) is 0 Å². The van der Waals surface area contributed by atoms with Crippen molar-refractivity contribution in [2.45, 2.75) is 6.42 Å². The monoisotopic (exact) mass is 337 g/mol. The van der Waals surface area contributed by atoms with Gasteiger partial charge >= 0.3 is 0 Å². The maximum absolute atomic E-state index is 12.8. The zero-order chi connectivity index (χ0) is 17.3. The van der Waals surface area contributed by atoms with Crippen LogP contribution in [0.25, 0.3) is 0 Å². The van der Waals surface area contributed by atoms with Crippen LogP contribution >= 0.6 is 0 Å². The molecule has 7 heteroatoms. The largest absolute Gasteiger partial charge is 0.278 e. The van der Waals surface area contributed by atoms with Crippen molar-refractivity contribution in [2.75, 3.05) is 0 Å². The third-order valence-corrected chi connectivity index (χ3v) is 6.09. The molecule has 0 N–H and O–H groups in total. The number of nitro groups is 1. The highest BCUT2D eigenvalue weighted by Gasteiger charge is 2.67. The zero-order valence-corrected chi connectivity index (χ0v) is 13.2. The van der Waals surface area contributed by atoms with Crippen LogP contribution in [0.1, 0.15) is 12.0 Å². The number of amides is 2. The third kappa shape index (κ3) is 1.89. The lowest BCUT2D eigenvalue weighted by Gasteiger charge is -2.37. The zero-order valence-electron chi connectivity index (χ0n) is 13.2. The molecule has 3 fully saturated rings. The lowest BCUT2D eigenvalue weighted by atomic mass is 9.63.